The van der Waals surface area contributed by atoms with Crippen molar-refractivity contribution in [2.24, 2.45) is 0 Å². The van der Waals surface area contributed by atoms with Crippen LogP contribution in [0, 0.1) is 0 Å². The number of nitrogens with one attached hydrogen (secondary N) is 2. The average Bonchev–Trinajstić information content (AvgIpc) is 2.95. The molecule has 1 saturated heterocycles. The van der Waals surface area contributed by atoms with Crippen molar-refractivity contribution in [3.63, 3.8) is 0 Å². The van der Waals surface area contributed by atoms with Crippen molar-refractivity contribution in [2.75, 3.05) is 50.1 Å². The molecule has 2 aliphatic heterocycles. The van der Waals surface area contributed by atoms with Crippen LogP contribution in [0.4, 0.5) is 16.2 Å². The van der Waals surface area contributed by atoms with Gasteiger partial charge in [0.2, 0.25) is 0 Å². The second kappa shape index (κ2) is 9.29. The molecule has 0 radical (unpaired) electrons. The summed E-state index contributed by atoms with van der Waals surface area (Å²) in [6, 6.07) is 16.4. The molecule has 0 aliphatic carbocycles. The number of anilines is 2. The van der Waals surface area contributed by atoms with E-state index in [9.17, 15) is 4.79 Å². The third-order valence-electron chi connectivity index (χ3n) is 5.64. The maximum atomic E-state index is 12.4. The van der Waals surface area contributed by atoms with Gasteiger partial charge in [-0.15, -0.1) is 0 Å². The van der Waals surface area contributed by atoms with E-state index < -0.39 is 0 Å². The number of urea groups is 1. The van der Waals surface area contributed by atoms with Gasteiger partial charge in [-0.05, 0) is 36.1 Å². The lowest BCUT2D eigenvalue weighted by molar-refractivity contribution is 0.0554. The van der Waals surface area contributed by atoms with E-state index in [1.807, 2.05) is 18.2 Å². The molecule has 4 rings (SSSR count). The van der Waals surface area contributed by atoms with Crippen LogP contribution in [0.3, 0.4) is 0 Å². The normalized spacial score (nSPS) is 19.5. The van der Waals surface area contributed by atoms with Gasteiger partial charge in [-0.1, -0.05) is 36.4 Å². The molecule has 2 aliphatic rings. The number of carbonyl (C=O) groups excluding carboxylic acids is 1. The Kier molecular flexibility index (Phi) is 6.32. The number of hydrogen-bond donors (Lipinski definition) is 2. The summed E-state index contributed by atoms with van der Waals surface area (Å²) in [5, 5.41) is 5.93. The van der Waals surface area contributed by atoms with Gasteiger partial charge in [0.25, 0.3) is 0 Å². The standard InChI is InChI=1S/C23H30N4O2/c1-26-12-10-19-8-9-20(14-22(19)26)25-23(28)24-15-21-17-27(11-5-13-29-21)16-18-6-3-2-4-7-18/h2-4,6-9,14,21H,5,10-13,15-17H2,1H3,(H2,24,25,28). The number of nitrogens with zero attached hydrogens (tertiary/aromatic N) is 2. The van der Waals surface area contributed by atoms with E-state index in [1.54, 1.807) is 0 Å². The summed E-state index contributed by atoms with van der Waals surface area (Å²) in [5.74, 6) is 0. The van der Waals surface area contributed by atoms with Crippen molar-refractivity contribution in [1.82, 2.24) is 10.2 Å². The molecule has 2 amide bonds. The van der Waals surface area contributed by atoms with Crippen molar-refractivity contribution in [3.05, 3.63) is 59.7 Å². The Morgan fingerprint density at radius 1 is 1.17 bits per heavy atom. The lowest BCUT2D eigenvalue weighted by Crippen LogP contribution is -2.41. The third kappa shape index (κ3) is 5.28. The Morgan fingerprint density at radius 2 is 2.03 bits per heavy atom. The van der Waals surface area contributed by atoms with Gasteiger partial charge in [0.05, 0.1) is 6.10 Å². The van der Waals surface area contributed by atoms with Crippen LogP contribution in [0.1, 0.15) is 17.5 Å². The summed E-state index contributed by atoms with van der Waals surface area (Å²) in [4.78, 5) is 17.0. The maximum Gasteiger partial charge on any atom is 0.319 e. The molecule has 1 unspecified atom stereocenters. The Bertz CT molecular complexity index is 827. The molecule has 6 heteroatoms. The lowest BCUT2D eigenvalue weighted by atomic mass is 10.1. The van der Waals surface area contributed by atoms with Crippen molar-refractivity contribution < 1.29 is 9.53 Å². The smallest absolute Gasteiger partial charge is 0.319 e. The fraction of sp³-hybridized carbons (Fsp3) is 0.435. The van der Waals surface area contributed by atoms with Crippen LogP contribution in [0.15, 0.2) is 48.5 Å². The van der Waals surface area contributed by atoms with Gasteiger partial charge in [0.1, 0.15) is 0 Å². The van der Waals surface area contributed by atoms with E-state index >= 15 is 0 Å². The van der Waals surface area contributed by atoms with Crippen LogP contribution in [0.2, 0.25) is 0 Å². The molecule has 2 aromatic carbocycles. The van der Waals surface area contributed by atoms with Crippen LogP contribution in [-0.2, 0) is 17.7 Å². The molecule has 154 valence electrons. The molecular weight excluding hydrogens is 364 g/mol. The van der Waals surface area contributed by atoms with Gasteiger partial charge in [-0.25, -0.2) is 4.79 Å². The number of hydrogen-bond acceptors (Lipinski definition) is 4. The van der Waals surface area contributed by atoms with Gasteiger partial charge < -0.3 is 20.3 Å². The molecule has 0 aromatic heterocycles. The second-order valence-corrected chi connectivity index (χ2v) is 7.92. The Labute approximate surface area is 172 Å². The van der Waals surface area contributed by atoms with Gasteiger partial charge in [-0.3, -0.25) is 4.90 Å². The minimum absolute atomic E-state index is 0.00174. The summed E-state index contributed by atoms with van der Waals surface area (Å²) in [5.41, 5.74) is 4.66. The zero-order chi connectivity index (χ0) is 20.1. The van der Waals surface area contributed by atoms with Crippen molar-refractivity contribution >= 4 is 17.4 Å². The first kappa shape index (κ1) is 19.7. The maximum absolute atomic E-state index is 12.4. The number of fused-ring (bicyclic) bond motifs is 1. The molecule has 6 nitrogen and oxygen atoms in total. The van der Waals surface area contributed by atoms with Crippen molar-refractivity contribution in [1.29, 1.82) is 0 Å². The highest BCUT2D eigenvalue weighted by Crippen LogP contribution is 2.29. The summed E-state index contributed by atoms with van der Waals surface area (Å²) in [6.07, 6.45) is 2.08. The number of rotatable bonds is 5. The first-order valence-corrected chi connectivity index (χ1v) is 10.4. The molecule has 2 heterocycles. The summed E-state index contributed by atoms with van der Waals surface area (Å²) in [6.45, 7) is 5.01. The zero-order valence-electron chi connectivity index (χ0n) is 17.1. The quantitative estimate of drug-likeness (QED) is 0.818. The van der Waals surface area contributed by atoms with Crippen molar-refractivity contribution in [2.45, 2.75) is 25.5 Å². The molecule has 2 aromatic rings. The first-order chi connectivity index (χ1) is 14.2. The molecule has 1 atom stereocenters. The van der Waals surface area contributed by atoms with E-state index in [1.165, 1.54) is 16.8 Å². The Balaban J connectivity index is 1.27. The van der Waals surface area contributed by atoms with Crippen LogP contribution in [0.5, 0.6) is 0 Å². The number of ether oxygens (including phenoxy) is 1. The van der Waals surface area contributed by atoms with Crippen LogP contribution in [-0.4, -0.2) is 56.9 Å². The third-order valence-corrected chi connectivity index (χ3v) is 5.64. The molecule has 29 heavy (non-hydrogen) atoms. The molecule has 1 fully saturated rings. The predicted molar refractivity (Wildman–Crippen MR) is 117 cm³/mol. The van der Waals surface area contributed by atoms with E-state index in [0.717, 1.165) is 51.3 Å². The number of likely N-dealkylation sites (N-methyl/N-ethyl adjacent to an activating group) is 1. The zero-order valence-corrected chi connectivity index (χ0v) is 17.1. The highest BCUT2D eigenvalue weighted by atomic mass is 16.5. The van der Waals surface area contributed by atoms with Crippen LogP contribution in [0.25, 0.3) is 0 Å². The molecule has 0 bridgehead atoms. The molecule has 2 N–H and O–H groups in total. The largest absolute Gasteiger partial charge is 0.375 e. The number of benzene rings is 2. The van der Waals surface area contributed by atoms with Gasteiger partial charge in [-0.2, -0.15) is 0 Å². The number of amides is 2. The van der Waals surface area contributed by atoms with Crippen LogP contribution < -0.4 is 15.5 Å². The van der Waals surface area contributed by atoms with Crippen LogP contribution >= 0.6 is 0 Å². The van der Waals surface area contributed by atoms with Gasteiger partial charge >= 0.3 is 6.03 Å². The molecule has 0 saturated carbocycles. The van der Waals surface area contributed by atoms with E-state index in [0.29, 0.717) is 6.54 Å². The predicted octanol–water partition coefficient (Wildman–Crippen LogP) is 3.09. The summed E-state index contributed by atoms with van der Waals surface area (Å²) < 4.78 is 5.96. The highest BCUT2D eigenvalue weighted by molar-refractivity contribution is 5.90. The summed E-state index contributed by atoms with van der Waals surface area (Å²) >= 11 is 0. The van der Waals surface area contributed by atoms with Crippen molar-refractivity contribution in [3.8, 4) is 0 Å². The topological polar surface area (TPSA) is 56.8 Å². The van der Waals surface area contributed by atoms with Gasteiger partial charge in [0, 0.05) is 57.8 Å². The number of carbonyl (C=O) groups is 1. The Hall–Kier alpha value is -2.57. The fourth-order valence-corrected chi connectivity index (χ4v) is 4.08. The fourth-order valence-electron chi connectivity index (χ4n) is 4.08. The lowest BCUT2D eigenvalue weighted by Gasteiger charge is -2.24. The molecule has 0 spiro atoms. The minimum atomic E-state index is -0.187. The molecular formula is C23H30N4O2. The van der Waals surface area contributed by atoms with Gasteiger partial charge in [0.15, 0.2) is 0 Å². The van der Waals surface area contributed by atoms with E-state index in [2.05, 4.69) is 57.8 Å². The Morgan fingerprint density at radius 3 is 2.90 bits per heavy atom. The first-order valence-electron chi connectivity index (χ1n) is 10.4. The van der Waals surface area contributed by atoms with E-state index in [-0.39, 0.29) is 12.1 Å². The second-order valence-electron chi connectivity index (χ2n) is 7.92. The minimum Gasteiger partial charge on any atom is -0.375 e. The summed E-state index contributed by atoms with van der Waals surface area (Å²) in [7, 11) is 2.08. The monoisotopic (exact) mass is 394 g/mol. The SMILES string of the molecule is CN1CCc2ccc(NC(=O)NCC3CN(Cc4ccccc4)CCCO3)cc21. The average molecular weight is 395 g/mol. The van der Waals surface area contributed by atoms with E-state index in [4.69, 9.17) is 4.74 Å². The highest BCUT2D eigenvalue weighted by Gasteiger charge is 2.20.